The van der Waals surface area contributed by atoms with E-state index in [-0.39, 0.29) is 0 Å². The van der Waals surface area contributed by atoms with E-state index < -0.39 is 0 Å². The summed E-state index contributed by atoms with van der Waals surface area (Å²) in [6, 6.07) is 14.6. The Hall–Kier alpha value is -2.62. The molecule has 0 saturated carbocycles. The van der Waals surface area contributed by atoms with Gasteiger partial charge in [-0.05, 0) is 35.7 Å². The number of rotatable bonds is 2. The molecule has 2 aromatic carbocycles. The lowest BCUT2D eigenvalue weighted by Gasteiger charge is -2.15. The first kappa shape index (κ1) is 13.4. The molecule has 3 rings (SSSR count). The first-order valence-electron chi connectivity index (χ1n) is 6.87. The zero-order valence-corrected chi connectivity index (χ0v) is 12.5. The molecule has 0 atom stereocenters. The molecule has 3 aromatic rings. The van der Waals surface area contributed by atoms with Crippen LogP contribution in [0.3, 0.4) is 0 Å². The summed E-state index contributed by atoms with van der Waals surface area (Å²) < 4.78 is 0. The van der Waals surface area contributed by atoms with Crippen molar-refractivity contribution in [1.29, 1.82) is 0 Å². The molecule has 0 saturated heterocycles. The van der Waals surface area contributed by atoms with Crippen LogP contribution in [0.15, 0.2) is 42.5 Å². The summed E-state index contributed by atoms with van der Waals surface area (Å²) in [6.07, 6.45) is 0. The number of hydrogen-bond acceptors (Lipinski definition) is 4. The molecule has 4 heteroatoms. The van der Waals surface area contributed by atoms with Gasteiger partial charge in [0.1, 0.15) is 5.82 Å². The number of benzene rings is 2. The molecule has 106 valence electrons. The molecule has 0 amide bonds. The number of nitrogen functional groups attached to an aromatic ring is 1. The lowest BCUT2D eigenvalue weighted by atomic mass is 9.99. The van der Waals surface area contributed by atoms with Gasteiger partial charge < -0.3 is 10.6 Å². The van der Waals surface area contributed by atoms with Crippen LogP contribution in [0.5, 0.6) is 0 Å². The number of aryl methyl sites for hydroxylation is 1. The van der Waals surface area contributed by atoms with Gasteiger partial charge in [0.05, 0.1) is 5.52 Å². The molecule has 0 aliphatic rings. The van der Waals surface area contributed by atoms with E-state index in [1.165, 1.54) is 11.1 Å². The lowest BCUT2D eigenvalue weighted by Crippen LogP contribution is -2.13. The van der Waals surface area contributed by atoms with Crippen molar-refractivity contribution in [2.75, 3.05) is 24.7 Å². The summed E-state index contributed by atoms with van der Waals surface area (Å²) >= 11 is 0. The van der Waals surface area contributed by atoms with Crippen molar-refractivity contribution in [2.24, 2.45) is 0 Å². The third-order valence-corrected chi connectivity index (χ3v) is 3.57. The predicted octanol–water partition coefficient (Wildman–Crippen LogP) is 3.25. The summed E-state index contributed by atoms with van der Waals surface area (Å²) in [5.41, 5.74) is 10.3. The van der Waals surface area contributed by atoms with Gasteiger partial charge >= 0.3 is 0 Å². The van der Waals surface area contributed by atoms with Crippen molar-refractivity contribution in [2.45, 2.75) is 6.92 Å². The van der Waals surface area contributed by atoms with Gasteiger partial charge in [-0.2, -0.15) is 4.98 Å². The van der Waals surface area contributed by atoms with Gasteiger partial charge in [0.25, 0.3) is 0 Å². The minimum absolute atomic E-state index is 0.299. The van der Waals surface area contributed by atoms with E-state index in [1.54, 1.807) is 0 Å². The maximum Gasteiger partial charge on any atom is 0.222 e. The molecule has 21 heavy (non-hydrogen) atoms. The van der Waals surface area contributed by atoms with Crippen molar-refractivity contribution in [1.82, 2.24) is 9.97 Å². The average molecular weight is 278 g/mol. The van der Waals surface area contributed by atoms with Gasteiger partial charge in [0, 0.05) is 19.5 Å². The van der Waals surface area contributed by atoms with Crippen LogP contribution in [0.25, 0.3) is 22.0 Å². The molecular weight excluding hydrogens is 260 g/mol. The Balaban J connectivity index is 2.24. The Labute approximate surface area is 124 Å². The Bertz CT molecular complexity index is 809. The lowest BCUT2D eigenvalue weighted by molar-refractivity contribution is 1.07. The number of aromatic nitrogens is 2. The Morgan fingerprint density at radius 3 is 2.48 bits per heavy atom. The number of nitrogens with zero attached hydrogens (tertiary/aromatic N) is 3. The molecule has 0 spiro atoms. The Morgan fingerprint density at radius 1 is 1.00 bits per heavy atom. The van der Waals surface area contributed by atoms with Crippen LogP contribution in [-0.2, 0) is 0 Å². The van der Waals surface area contributed by atoms with E-state index in [4.69, 9.17) is 5.73 Å². The summed E-state index contributed by atoms with van der Waals surface area (Å²) in [7, 11) is 3.91. The molecule has 0 fully saturated rings. The van der Waals surface area contributed by atoms with Gasteiger partial charge in [-0.3, -0.25) is 0 Å². The molecule has 0 unspecified atom stereocenters. The highest BCUT2D eigenvalue weighted by molar-refractivity contribution is 5.93. The standard InChI is InChI=1S/C17H18N4/c1-11-6-4-5-7-13(11)12-8-9-14-15(10-12)19-17(18)20-16(14)21(2)3/h4-10H,1-3H3,(H2,18,19,20). The molecule has 4 nitrogen and oxygen atoms in total. The fourth-order valence-corrected chi connectivity index (χ4v) is 2.54. The van der Waals surface area contributed by atoms with Gasteiger partial charge in [0.15, 0.2) is 0 Å². The SMILES string of the molecule is Cc1ccccc1-c1ccc2c(N(C)C)nc(N)nc2c1. The second-order valence-corrected chi connectivity index (χ2v) is 5.35. The van der Waals surface area contributed by atoms with Crippen LogP contribution in [0.4, 0.5) is 11.8 Å². The van der Waals surface area contributed by atoms with Gasteiger partial charge in [-0.1, -0.05) is 30.3 Å². The van der Waals surface area contributed by atoms with Crippen LogP contribution in [0.1, 0.15) is 5.56 Å². The second kappa shape index (κ2) is 5.05. The van der Waals surface area contributed by atoms with E-state index in [2.05, 4.69) is 47.2 Å². The van der Waals surface area contributed by atoms with Crippen LogP contribution >= 0.6 is 0 Å². The molecule has 0 bridgehead atoms. The van der Waals surface area contributed by atoms with Crippen LogP contribution in [0.2, 0.25) is 0 Å². The minimum atomic E-state index is 0.299. The molecule has 0 radical (unpaired) electrons. The summed E-state index contributed by atoms with van der Waals surface area (Å²) in [5, 5.41) is 1.01. The topological polar surface area (TPSA) is 55.0 Å². The quantitative estimate of drug-likeness (QED) is 0.781. The maximum atomic E-state index is 5.83. The molecule has 2 N–H and O–H groups in total. The smallest absolute Gasteiger partial charge is 0.222 e. The molecule has 1 heterocycles. The highest BCUT2D eigenvalue weighted by Gasteiger charge is 2.10. The molecular formula is C17H18N4. The summed E-state index contributed by atoms with van der Waals surface area (Å²) in [6.45, 7) is 2.11. The predicted molar refractivity (Wildman–Crippen MR) is 88.5 cm³/mol. The monoisotopic (exact) mass is 278 g/mol. The maximum absolute atomic E-state index is 5.83. The van der Waals surface area contributed by atoms with Crippen LogP contribution in [-0.4, -0.2) is 24.1 Å². The third-order valence-electron chi connectivity index (χ3n) is 3.57. The molecule has 0 aliphatic heterocycles. The number of nitrogens with two attached hydrogens (primary N) is 1. The van der Waals surface area contributed by atoms with Crippen molar-refractivity contribution in [3.63, 3.8) is 0 Å². The number of hydrogen-bond donors (Lipinski definition) is 1. The zero-order chi connectivity index (χ0) is 15.0. The Morgan fingerprint density at radius 2 is 1.76 bits per heavy atom. The van der Waals surface area contributed by atoms with Gasteiger partial charge in [-0.15, -0.1) is 0 Å². The van der Waals surface area contributed by atoms with E-state index in [0.29, 0.717) is 5.95 Å². The van der Waals surface area contributed by atoms with Crippen molar-refractivity contribution in [3.05, 3.63) is 48.0 Å². The number of anilines is 2. The normalized spacial score (nSPS) is 10.8. The van der Waals surface area contributed by atoms with Crippen molar-refractivity contribution >= 4 is 22.7 Å². The van der Waals surface area contributed by atoms with Crippen molar-refractivity contribution in [3.8, 4) is 11.1 Å². The molecule has 1 aromatic heterocycles. The highest BCUT2D eigenvalue weighted by atomic mass is 15.2. The molecule has 0 aliphatic carbocycles. The minimum Gasteiger partial charge on any atom is -0.368 e. The average Bonchev–Trinajstić information content (AvgIpc) is 2.46. The second-order valence-electron chi connectivity index (χ2n) is 5.35. The summed E-state index contributed by atoms with van der Waals surface area (Å²) in [4.78, 5) is 10.6. The van der Waals surface area contributed by atoms with Crippen LogP contribution in [0, 0.1) is 6.92 Å². The van der Waals surface area contributed by atoms with E-state index in [0.717, 1.165) is 22.3 Å². The van der Waals surface area contributed by atoms with Gasteiger partial charge in [0.2, 0.25) is 5.95 Å². The zero-order valence-electron chi connectivity index (χ0n) is 12.5. The highest BCUT2D eigenvalue weighted by Crippen LogP contribution is 2.29. The number of fused-ring (bicyclic) bond motifs is 1. The first-order chi connectivity index (χ1) is 10.1. The van der Waals surface area contributed by atoms with Crippen LogP contribution < -0.4 is 10.6 Å². The fraction of sp³-hybridized carbons (Fsp3) is 0.176. The fourth-order valence-electron chi connectivity index (χ4n) is 2.54. The third kappa shape index (κ3) is 2.40. The Kier molecular flexibility index (Phi) is 3.22. The largest absolute Gasteiger partial charge is 0.368 e. The van der Waals surface area contributed by atoms with E-state index in [9.17, 15) is 0 Å². The van der Waals surface area contributed by atoms with Crippen molar-refractivity contribution < 1.29 is 0 Å². The van der Waals surface area contributed by atoms with E-state index in [1.807, 2.05) is 31.1 Å². The van der Waals surface area contributed by atoms with E-state index >= 15 is 0 Å². The van der Waals surface area contributed by atoms with Gasteiger partial charge in [-0.25, -0.2) is 4.98 Å². The summed E-state index contributed by atoms with van der Waals surface area (Å²) in [5.74, 6) is 1.14. The first-order valence-corrected chi connectivity index (χ1v) is 6.87.